The Kier molecular flexibility index (Phi) is 5.60. The van der Waals surface area contributed by atoms with E-state index in [9.17, 15) is 14.3 Å². The Morgan fingerprint density at radius 1 is 1.06 bits per heavy atom. The molecule has 164 valence electrons. The van der Waals surface area contributed by atoms with E-state index in [-0.39, 0.29) is 23.9 Å². The van der Waals surface area contributed by atoms with Crippen molar-refractivity contribution in [3.05, 3.63) is 70.8 Å². The third-order valence-corrected chi connectivity index (χ3v) is 6.51. The predicted octanol–water partition coefficient (Wildman–Crippen LogP) is 5.00. The zero-order chi connectivity index (χ0) is 22.1. The van der Waals surface area contributed by atoms with Crippen LogP contribution in [0.25, 0.3) is 11.3 Å². The van der Waals surface area contributed by atoms with E-state index in [2.05, 4.69) is 5.32 Å². The van der Waals surface area contributed by atoms with Gasteiger partial charge in [-0.15, -0.1) is 0 Å². The van der Waals surface area contributed by atoms with Crippen LogP contribution in [-0.4, -0.2) is 21.0 Å². The van der Waals surface area contributed by atoms with Crippen LogP contribution in [0.5, 0.6) is 5.75 Å². The summed E-state index contributed by atoms with van der Waals surface area (Å²) in [7, 11) is 0. The van der Waals surface area contributed by atoms with Crippen molar-refractivity contribution < 1.29 is 14.3 Å². The summed E-state index contributed by atoms with van der Waals surface area (Å²) in [6.45, 7) is 0. The van der Waals surface area contributed by atoms with E-state index in [0.717, 1.165) is 46.6 Å². The summed E-state index contributed by atoms with van der Waals surface area (Å²) in [6.07, 6.45) is 7.25. The average Bonchev–Trinajstić information content (AvgIpc) is 3.29. The number of hydrogen-bond acceptors (Lipinski definition) is 4. The Hall–Kier alpha value is -3.28. The Balaban J connectivity index is 1.46. The molecule has 1 fully saturated rings. The zero-order valence-corrected chi connectivity index (χ0v) is 17.9. The van der Waals surface area contributed by atoms with Crippen LogP contribution in [0, 0.1) is 11.7 Å². The molecule has 6 heteroatoms. The van der Waals surface area contributed by atoms with E-state index < -0.39 is 0 Å². The van der Waals surface area contributed by atoms with E-state index in [0.29, 0.717) is 18.2 Å². The summed E-state index contributed by atoms with van der Waals surface area (Å²) < 4.78 is 13.2. The number of carbonyl (C=O) groups is 1. The standard InChI is InChI=1S/C26H26FN3O2/c27-19-8-5-17(6-9-19)14-24(32)30-26-23(13-16-3-1-2-4-16)28-25-21-11-10-20(31)15-18(21)7-12-22(25)29-26/h5-6,8-11,15-16,31H,1-4,7,12-14H2,(H,29,30,32). The number of phenols is 1. The molecule has 0 radical (unpaired) electrons. The fraction of sp³-hybridized carbons (Fsp3) is 0.346. The molecule has 0 bridgehead atoms. The molecule has 1 heterocycles. The van der Waals surface area contributed by atoms with Gasteiger partial charge in [-0.05, 0) is 66.6 Å². The first kappa shape index (κ1) is 20.6. The van der Waals surface area contributed by atoms with Crippen molar-refractivity contribution in [2.24, 2.45) is 5.92 Å². The lowest BCUT2D eigenvalue weighted by molar-refractivity contribution is -0.115. The van der Waals surface area contributed by atoms with Crippen LogP contribution in [0.15, 0.2) is 42.5 Å². The monoisotopic (exact) mass is 431 g/mol. The minimum atomic E-state index is -0.317. The van der Waals surface area contributed by atoms with Gasteiger partial charge in [-0.2, -0.15) is 0 Å². The number of phenolic OH excluding ortho intramolecular Hbond substituents is 1. The largest absolute Gasteiger partial charge is 0.508 e. The van der Waals surface area contributed by atoms with Crippen LogP contribution in [-0.2, 0) is 30.5 Å². The predicted molar refractivity (Wildman–Crippen MR) is 121 cm³/mol. The number of anilines is 1. The SMILES string of the molecule is O=C(Cc1ccc(F)cc1)Nc1nc2c(nc1CC1CCCC1)-c1ccc(O)cc1CC2. The molecular formula is C26H26FN3O2. The lowest BCUT2D eigenvalue weighted by Gasteiger charge is -2.22. The first-order valence-electron chi connectivity index (χ1n) is 11.3. The van der Waals surface area contributed by atoms with Gasteiger partial charge in [0.05, 0.1) is 23.5 Å². The van der Waals surface area contributed by atoms with Gasteiger partial charge in [0.1, 0.15) is 11.6 Å². The van der Waals surface area contributed by atoms with Crippen molar-refractivity contribution >= 4 is 11.7 Å². The highest BCUT2D eigenvalue weighted by molar-refractivity contribution is 5.92. The Morgan fingerprint density at radius 3 is 2.62 bits per heavy atom. The van der Waals surface area contributed by atoms with Crippen LogP contribution in [0.1, 0.15) is 48.2 Å². The van der Waals surface area contributed by atoms with Crippen molar-refractivity contribution in [1.29, 1.82) is 0 Å². The highest BCUT2D eigenvalue weighted by Gasteiger charge is 2.25. The number of aromatic nitrogens is 2. The number of halogens is 1. The third-order valence-electron chi connectivity index (χ3n) is 6.51. The zero-order valence-electron chi connectivity index (χ0n) is 17.9. The van der Waals surface area contributed by atoms with Crippen molar-refractivity contribution in [3.63, 3.8) is 0 Å². The molecule has 0 aliphatic heterocycles. The molecule has 1 aromatic heterocycles. The van der Waals surface area contributed by atoms with Crippen LogP contribution < -0.4 is 5.32 Å². The fourth-order valence-corrected chi connectivity index (χ4v) is 4.86. The van der Waals surface area contributed by atoms with Crippen molar-refractivity contribution in [2.45, 2.75) is 51.4 Å². The first-order valence-corrected chi connectivity index (χ1v) is 11.3. The number of fused-ring (bicyclic) bond motifs is 3. The molecule has 0 atom stereocenters. The van der Waals surface area contributed by atoms with Gasteiger partial charge in [0.2, 0.25) is 5.91 Å². The maximum atomic E-state index is 13.2. The van der Waals surface area contributed by atoms with Crippen molar-refractivity contribution in [1.82, 2.24) is 9.97 Å². The molecule has 0 saturated heterocycles. The van der Waals surface area contributed by atoms with Crippen LogP contribution >= 0.6 is 0 Å². The maximum absolute atomic E-state index is 13.2. The van der Waals surface area contributed by atoms with Gasteiger partial charge >= 0.3 is 0 Å². The summed E-state index contributed by atoms with van der Waals surface area (Å²) in [5, 5.41) is 12.8. The quantitative estimate of drug-likeness (QED) is 0.596. The summed E-state index contributed by atoms with van der Waals surface area (Å²) in [5.74, 6) is 0.862. The van der Waals surface area contributed by atoms with E-state index >= 15 is 0 Å². The molecule has 2 aliphatic rings. The number of hydrogen-bond donors (Lipinski definition) is 2. The minimum Gasteiger partial charge on any atom is -0.508 e. The smallest absolute Gasteiger partial charge is 0.229 e. The summed E-state index contributed by atoms with van der Waals surface area (Å²) in [5.41, 5.74) is 5.39. The molecule has 32 heavy (non-hydrogen) atoms. The van der Waals surface area contributed by atoms with Gasteiger partial charge in [0.25, 0.3) is 0 Å². The third kappa shape index (κ3) is 4.35. The Bertz CT molecular complexity index is 1150. The van der Waals surface area contributed by atoms with E-state index in [1.54, 1.807) is 24.3 Å². The summed E-state index contributed by atoms with van der Waals surface area (Å²) in [6, 6.07) is 11.4. The fourth-order valence-electron chi connectivity index (χ4n) is 4.86. The molecular weight excluding hydrogens is 405 g/mol. The summed E-state index contributed by atoms with van der Waals surface area (Å²) >= 11 is 0. The molecule has 2 N–H and O–H groups in total. The van der Waals surface area contributed by atoms with E-state index in [4.69, 9.17) is 9.97 Å². The number of nitrogens with one attached hydrogen (secondary N) is 1. The number of amides is 1. The second kappa shape index (κ2) is 8.69. The highest BCUT2D eigenvalue weighted by atomic mass is 19.1. The van der Waals surface area contributed by atoms with Crippen LogP contribution in [0.4, 0.5) is 10.2 Å². The molecule has 1 amide bonds. The van der Waals surface area contributed by atoms with Gasteiger partial charge in [0.15, 0.2) is 5.82 Å². The number of benzene rings is 2. The van der Waals surface area contributed by atoms with Crippen molar-refractivity contribution in [3.8, 4) is 17.0 Å². The lowest BCUT2D eigenvalue weighted by atomic mass is 9.91. The van der Waals surface area contributed by atoms with E-state index in [1.165, 1.54) is 37.8 Å². The number of carbonyl (C=O) groups excluding carboxylic acids is 1. The molecule has 3 aromatic rings. The molecule has 1 saturated carbocycles. The highest BCUT2D eigenvalue weighted by Crippen LogP contribution is 2.36. The molecule has 5 nitrogen and oxygen atoms in total. The number of nitrogens with zero attached hydrogens (tertiary/aromatic N) is 2. The molecule has 0 spiro atoms. The van der Waals surface area contributed by atoms with Gasteiger partial charge in [-0.1, -0.05) is 37.8 Å². The first-order chi connectivity index (χ1) is 15.5. The lowest BCUT2D eigenvalue weighted by Crippen LogP contribution is -2.20. The Morgan fingerprint density at radius 2 is 1.84 bits per heavy atom. The molecule has 2 aromatic carbocycles. The topological polar surface area (TPSA) is 75.1 Å². The van der Waals surface area contributed by atoms with E-state index in [1.807, 2.05) is 6.07 Å². The molecule has 2 aliphatic carbocycles. The summed E-state index contributed by atoms with van der Waals surface area (Å²) in [4.78, 5) is 22.6. The molecule has 5 rings (SSSR count). The van der Waals surface area contributed by atoms with Gasteiger partial charge in [-0.25, -0.2) is 14.4 Å². The average molecular weight is 432 g/mol. The van der Waals surface area contributed by atoms with Gasteiger partial charge < -0.3 is 10.4 Å². The number of aromatic hydroxyl groups is 1. The number of aryl methyl sites for hydroxylation is 2. The minimum absolute atomic E-state index is 0.157. The molecule has 0 unspecified atom stereocenters. The normalized spacial score (nSPS) is 15.3. The Labute approximate surface area is 186 Å². The second-order valence-corrected chi connectivity index (χ2v) is 8.86. The second-order valence-electron chi connectivity index (χ2n) is 8.86. The number of rotatable bonds is 5. The maximum Gasteiger partial charge on any atom is 0.229 e. The van der Waals surface area contributed by atoms with Gasteiger partial charge in [-0.3, -0.25) is 4.79 Å². The van der Waals surface area contributed by atoms with Gasteiger partial charge in [0, 0.05) is 5.56 Å². The van der Waals surface area contributed by atoms with Crippen LogP contribution in [0.3, 0.4) is 0 Å². The van der Waals surface area contributed by atoms with Crippen molar-refractivity contribution in [2.75, 3.05) is 5.32 Å². The van der Waals surface area contributed by atoms with Crippen LogP contribution in [0.2, 0.25) is 0 Å².